The number of hydrogen-bond acceptors (Lipinski definition) is 9. The first-order valence-corrected chi connectivity index (χ1v) is 20.8. The van der Waals surface area contributed by atoms with E-state index in [1.165, 1.54) is 20.3 Å². The number of amides is 4. The molecule has 16 heteroatoms. The molecule has 3 aliphatic rings. The van der Waals surface area contributed by atoms with Crippen LogP contribution in [-0.2, 0) is 19.1 Å². The van der Waals surface area contributed by atoms with Gasteiger partial charge in [0.05, 0.1) is 43.9 Å². The summed E-state index contributed by atoms with van der Waals surface area (Å²) in [6, 6.07) is 21.0. The normalized spacial score (nSPS) is 19.0. The van der Waals surface area contributed by atoms with Crippen molar-refractivity contribution in [3.8, 4) is 11.3 Å². The highest BCUT2D eigenvalue weighted by molar-refractivity contribution is 5.88. The van der Waals surface area contributed by atoms with E-state index in [9.17, 15) is 19.2 Å². The van der Waals surface area contributed by atoms with Crippen molar-refractivity contribution in [1.29, 1.82) is 0 Å². The molecule has 0 saturated carbocycles. The van der Waals surface area contributed by atoms with Crippen LogP contribution in [-0.4, -0.2) is 94.1 Å². The average molecular weight is 832 g/mol. The lowest BCUT2D eigenvalue weighted by Gasteiger charge is -2.33. The molecule has 4 N–H and O–H groups in total. The number of hydrogen-bond donors (Lipinski definition) is 4. The highest BCUT2D eigenvalue weighted by atomic mass is 19.1. The van der Waals surface area contributed by atoms with Crippen LogP contribution in [0.5, 0.6) is 0 Å². The van der Waals surface area contributed by atoms with Crippen LogP contribution >= 0.6 is 0 Å². The molecule has 8 rings (SSSR count). The molecule has 15 nitrogen and oxygen atoms in total. The number of nitrogens with one attached hydrogen (secondary N) is 4. The molecule has 0 spiro atoms. The van der Waals surface area contributed by atoms with Crippen LogP contribution in [0.3, 0.4) is 0 Å². The molecule has 318 valence electrons. The van der Waals surface area contributed by atoms with E-state index in [4.69, 9.17) is 14.5 Å². The van der Waals surface area contributed by atoms with E-state index in [0.29, 0.717) is 66.5 Å². The molecule has 5 aromatic rings. The number of piperidine rings is 1. The van der Waals surface area contributed by atoms with Gasteiger partial charge in [0.1, 0.15) is 29.5 Å². The Morgan fingerprint density at radius 3 is 1.74 bits per heavy atom. The highest BCUT2D eigenvalue weighted by Crippen LogP contribution is 2.38. The first kappa shape index (κ1) is 41.0. The molecular weight excluding hydrogens is 782 g/mol. The van der Waals surface area contributed by atoms with Gasteiger partial charge < -0.3 is 44.8 Å². The lowest BCUT2D eigenvalue weighted by molar-refractivity contribution is -0.135. The van der Waals surface area contributed by atoms with Crippen LogP contribution in [0.1, 0.15) is 97.1 Å². The molecule has 4 amide bonds. The van der Waals surface area contributed by atoms with Crippen LogP contribution in [0, 0.1) is 5.82 Å². The number of likely N-dealkylation sites (tertiary alicyclic amines) is 2. The summed E-state index contributed by atoms with van der Waals surface area (Å²) in [4.78, 5) is 74.1. The van der Waals surface area contributed by atoms with Gasteiger partial charge in [0.2, 0.25) is 0 Å². The monoisotopic (exact) mass is 831 g/mol. The minimum absolute atomic E-state index is 0.188. The molecular formula is C45H50FN9O6. The number of ether oxygens (including phenoxy) is 2. The zero-order valence-corrected chi connectivity index (χ0v) is 34.2. The lowest BCUT2D eigenvalue weighted by atomic mass is 9.93. The van der Waals surface area contributed by atoms with Crippen molar-refractivity contribution in [3.05, 3.63) is 126 Å². The van der Waals surface area contributed by atoms with Crippen LogP contribution in [0.2, 0.25) is 0 Å². The predicted octanol–water partition coefficient (Wildman–Crippen LogP) is 6.84. The third-order valence-corrected chi connectivity index (χ3v) is 12.1. The van der Waals surface area contributed by atoms with Gasteiger partial charge in [-0.3, -0.25) is 9.59 Å². The van der Waals surface area contributed by atoms with Gasteiger partial charge >= 0.3 is 12.2 Å². The fourth-order valence-corrected chi connectivity index (χ4v) is 8.92. The zero-order valence-electron chi connectivity index (χ0n) is 34.2. The van der Waals surface area contributed by atoms with Crippen LogP contribution in [0.15, 0.2) is 91.3 Å². The number of H-pyrrole nitrogens is 2. The van der Waals surface area contributed by atoms with Gasteiger partial charge in [-0.15, -0.1) is 0 Å². The number of halogens is 1. The Hall–Kier alpha value is -6.71. The van der Waals surface area contributed by atoms with Gasteiger partial charge in [0.15, 0.2) is 0 Å². The number of carbonyl (C=O) groups excluding carboxylic acids is 4. The molecule has 0 aliphatic carbocycles. The third-order valence-electron chi connectivity index (χ3n) is 12.1. The largest absolute Gasteiger partial charge is 0.453 e. The van der Waals surface area contributed by atoms with Gasteiger partial charge in [0, 0.05) is 49.6 Å². The number of anilines is 1. The summed E-state index contributed by atoms with van der Waals surface area (Å²) >= 11 is 0. The smallest absolute Gasteiger partial charge is 0.407 e. The Labute approximate surface area is 353 Å². The van der Waals surface area contributed by atoms with Gasteiger partial charge in [-0.05, 0) is 61.8 Å². The quantitative estimate of drug-likeness (QED) is 0.111. The first-order chi connectivity index (χ1) is 29.7. The van der Waals surface area contributed by atoms with E-state index in [-0.39, 0.29) is 35.6 Å². The second kappa shape index (κ2) is 18.3. The fraction of sp³-hybridized carbons (Fsp3) is 0.378. The molecule has 3 aliphatic heterocycles. The van der Waals surface area contributed by atoms with Crippen molar-refractivity contribution in [2.24, 2.45) is 0 Å². The van der Waals surface area contributed by atoms with Crippen molar-refractivity contribution >= 4 is 29.7 Å². The van der Waals surface area contributed by atoms with E-state index in [1.54, 1.807) is 34.2 Å². The molecule has 5 heterocycles. The fourth-order valence-electron chi connectivity index (χ4n) is 8.92. The van der Waals surface area contributed by atoms with Crippen molar-refractivity contribution < 1.29 is 33.0 Å². The zero-order chi connectivity index (χ0) is 42.5. The molecule has 0 bridgehead atoms. The Bertz CT molecular complexity index is 2330. The van der Waals surface area contributed by atoms with E-state index < -0.39 is 24.3 Å². The van der Waals surface area contributed by atoms with E-state index in [1.807, 2.05) is 60.8 Å². The summed E-state index contributed by atoms with van der Waals surface area (Å²) < 4.78 is 25.5. The van der Waals surface area contributed by atoms with Crippen LogP contribution < -0.4 is 15.5 Å². The highest BCUT2D eigenvalue weighted by Gasteiger charge is 2.39. The van der Waals surface area contributed by atoms with Crippen molar-refractivity contribution in [1.82, 2.24) is 40.4 Å². The summed E-state index contributed by atoms with van der Waals surface area (Å²) in [6.45, 7) is 2.34. The topological polar surface area (TPSA) is 178 Å². The molecule has 3 aromatic carbocycles. The Morgan fingerprint density at radius 1 is 0.689 bits per heavy atom. The van der Waals surface area contributed by atoms with E-state index >= 15 is 4.39 Å². The summed E-state index contributed by atoms with van der Waals surface area (Å²) in [5, 5.41) is 5.39. The molecule has 3 saturated heterocycles. The second-order valence-electron chi connectivity index (χ2n) is 15.7. The summed E-state index contributed by atoms with van der Waals surface area (Å²) in [7, 11) is 2.53. The number of nitrogens with zero attached hydrogens (tertiary/aromatic N) is 5. The van der Waals surface area contributed by atoms with Crippen molar-refractivity contribution in [3.63, 3.8) is 0 Å². The third kappa shape index (κ3) is 8.79. The summed E-state index contributed by atoms with van der Waals surface area (Å²) in [5.41, 5.74) is 4.11. The Balaban J connectivity index is 0.895. The number of carbonyl (C=O) groups is 4. The maximum Gasteiger partial charge on any atom is 0.407 e. The van der Waals surface area contributed by atoms with E-state index in [0.717, 1.165) is 43.6 Å². The summed E-state index contributed by atoms with van der Waals surface area (Å²) in [6.07, 6.45) is 6.72. The summed E-state index contributed by atoms with van der Waals surface area (Å²) in [5.74, 6) is 0.680. The maximum absolute atomic E-state index is 15.9. The SMILES string of the molecule is COC(=O)NC(C(=O)N1CCCC1c1ncc(-c2ccc(N3CCC(c4cnc(C5CCCN5C(=O)C(NC(=O)OC)c5ccccc5)[nH]4)CC3)c(F)c2)[nH]1)c1ccccc1. The number of benzene rings is 3. The first-order valence-electron chi connectivity index (χ1n) is 20.8. The van der Waals surface area contributed by atoms with Crippen molar-refractivity contribution in [2.75, 3.05) is 45.3 Å². The molecule has 2 aromatic heterocycles. The number of methoxy groups -OCH3 is 2. The van der Waals surface area contributed by atoms with Crippen molar-refractivity contribution in [2.45, 2.75) is 68.6 Å². The van der Waals surface area contributed by atoms with Gasteiger partial charge in [-0.2, -0.15) is 0 Å². The lowest BCUT2D eigenvalue weighted by Crippen LogP contribution is -2.42. The molecule has 61 heavy (non-hydrogen) atoms. The number of rotatable bonds is 11. The number of imidazole rings is 2. The molecule has 4 atom stereocenters. The van der Waals surface area contributed by atoms with E-state index in [2.05, 4.69) is 30.5 Å². The standard InChI is InChI=1S/C45H50FN9O6/c1-60-44(58)51-38(29-11-5-3-6-12-29)42(56)54-21-9-15-36(54)40-47-26-33(49-40)28-19-23-53(24-20-28)35-18-17-31(25-32(35)46)34-27-48-41(50-34)37-16-10-22-55(37)43(57)39(52-45(59)61-2)30-13-7-4-8-14-30/h3-8,11-14,17-18,25-28,36-39H,9-10,15-16,19-24H2,1-2H3,(H,47,49)(H,48,50)(H,51,58)(H,52,59). The van der Waals surface area contributed by atoms with Gasteiger partial charge in [-0.25, -0.2) is 23.9 Å². The van der Waals surface area contributed by atoms with Gasteiger partial charge in [-0.1, -0.05) is 66.7 Å². The van der Waals surface area contributed by atoms with Gasteiger partial charge in [0.25, 0.3) is 11.8 Å². The molecule has 0 radical (unpaired) electrons. The second-order valence-corrected chi connectivity index (χ2v) is 15.7. The number of alkyl carbamates (subject to hydrolysis) is 2. The maximum atomic E-state index is 15.9. The average Bonchev–Trinajstić information content (AvgIpc) is 4.15. The molecule has 4 unspecified atom stereocenters. The Morgan fingerprint density at radius 2 is 1.21 bits per heavy atom. The van der Waals surface area contributed by atoms with Crippen LogP contribution in [0.4, 0.5) is 19.7 Å². The predicted molar refractivity (Wildman–Crippen MR) is 224 cm³/mol. The Kier molecular flexibility index (Phi) is 12.3. The molecule has 3 fully saturated rings. The van der Waals surface area contributed by atoms with Crippen LogP contribution in [0.25, 0.3) is 11.3 Å². The number of aromatic nitrogens is 4. The number of aromatic amines is 2. The minimum Gasteiger partial charge on any atom is -0.453 e. The minimum atomic E-state index is -0.926.